The lowest BCUT2D eigenvalue weighted by molar-refractivity contribution is 0.0252. The molecule has 6 heteroatoms. The smallest absolute Gasteiger partial charge is 0.410 e. The average Bonchev–Trinajstić information content (AvgIpc) is 2.44. The van der Waals surface area contributed by atoms with E-state index in [1.807, 2.05) is 26.8 Å². The van der Waals surface area contributed by atoms with Gasteiger partial charge in [0, 0.05) is 35.1 Å². The van der Waals surface area contributed by atoms with Gasteiger partial charge in [0.15, 0.2) is 0 Å². The largest absolute Gasteiger partial charge is 0.444 e. The third kappa shape index (κ3) is 8.18. The summed E-state index contributed by atoms with van der Waals surface area (Å²) in [6.07, 6.45) is 0.673. The molecular formula is C17H26Br2N2O2. The Balaban J connectivity index is 2.43. The zero-order valence-electron chi connectivity index (χ0n) is 14.3. The number of amides is 1. The van der Waals surface area contributed by atoms with Gasteiger partial charge in [0.1, 0.15) is 5.60 Å². The van der Waals surface area contributed by atoms with Crippen LogP contribution < -0.4 is 5.32 Å². The Morgan fingerprint density at radius 2 is 1.91 bits per heavy atom. The third-order valence-corrected chi connectivity index (χ3v) is 4.90. The van der Waals surface area contributed by atoms with Crippen molar-refractivity contribution < 1.29 is 9.53 Å². The summed E-state index contributed by atoms with van der Waals surface area (Å²) < 4.78 is 7.53. The van der Waals surface area contributed by atoms with Crippen molar-refractivity contribution in [1.29, 1.82) is 0 Å². The highest BCUT2D eigenvalue weighted by molar-refractivity contribution is 9.13. The molecule has 0 bridgehead atoms. The first-order valence-electron chi connectivity index (χ1n) is 7.85. The Hall–Kier alpha value is -0.590. The molecule has 0 aliphatic heterocycles. The molecule has 1 amide bonds. The summed E-state index contributed by atoms with van der Waals surface area (Å²) in [5, 5.41) is 3.37. The molecule has 130 valence electrons. The standard InChI is InChI=1S/C17H26Br2N2O2/c1-5-9-21(16(22)23-17(2,3)4)10-8-20-12-13-6-7-14(18)15(19)11-13/h6-7,11,20H,5,8-10,12H2,1-4H3. The molecule has 1 rings (SSSR count). The summed E-state index contributed by atoms with van der Waals surface area (Å²) in [4.78, 5) is 13.9. The van der Waals surface area contributed by atoms with Crippen molar-refractivity contribution in [2.24, 2.45) is 0 Å². The second kappa shape index (κ2) is 9.64. The molecule has 0 aromatic heterocycles. The molecule has 0 aliphatic rings. The van der Waals surface area contributed by atoms with Gasteiger partial charge >= 0.3 is 6.09 Å². The van der Waals surface area contributed by atoms with Crippen LogP contribution >= 0.6 is 31.9 Å². The fourth-order valence-electron chi connectivity index (χ4n) is 1.99. The van der Waals surface area contributed by atoms with Crippen LogP contribution in [-0.4, -0.2) is 36.2 Å². The highest BCUT2D eigenvalue weighted by Gasteiger charge is 2.21. The molecule has 4 nitrogen and oxygen atoms in total. The molecular weight excluding hydrogens is 424 g/mol. The average molecular weight is 450 g/mol. The summed E-state index contributed by atoms with van der Waals surface area (Å²) in [6.45, 7) is 10.6. The second-order valence-corrected chi connectivity index (χ2v) is 8.10. The van der Waals surface area contributed by atoms with E-state index in [0.29, 0.717) is 13.1 Å². The van der Waals surface area contributed by atoms with Crippen LogP contribution in [0.5, 0.6) is 0 Å². The lowest BCUT2D eigenvalue weighted by Gasteiger charge is -2.27. The number of hydrogen-bond acceptors (Lipinski definition) is 3. The Kier molecular flexibility index (Phi) is 8.58. The third-order valence-electron chi connectivity index (χ3n) is 3.02. The fraction of sp³-hybridized carbons (Fsp3) is 0.588. The molecule has 0 heterocycles. The van der Waals surface area contributed by atoms with E-state index in [4.69, 9.17) is 4.74 Å². The Bertz CT molecular complexity index is 516. The molecule has 0 saturated carbocycles. The van der Waals surface area contributed by atoms with E-state index in [2.05, 4.69) is 56.2 Å². The predicted molar refractivity (Wildman–Crippen MR) is 102 cm³/mol. The summed E-state index contributed by atoms with van der Waals surface area (Å²) in [5.41, 5.74) is 0.736. The molecule has 0 aliphatic carbocycles. The van der Waals surface area contributed by atoms with Crippen LogP contribution in [0.25, 0.3) is 0 Å². The Morgan fingerprint density at radius 3 is 2.48 bits per heavy atom. The van der Waals surface area contributed by atoms with Crippen molar-refractivity contribution in [2.45, 2.75) is 46.3 Å². The number of hydrogen-bond donors (Lipinski definition) is 1. The number of carbonyl (C=O) groups is 1. The van der Waals surface area contributed by atoms with E-state index >= 15 is 0 Å². The van der Waals surface area contributed by atoms with E-state index < -0.39 is 5.60 Å². The van der Waals surface area contributed by atoms with Gasteiger partial charge in [-0.3, -0.25) is 0 Å². The van der Waals surface area contributed by atoms with E-state index in [1.165, 1.54) is 5.56 Å². The number of benzene rings is 1. The topological polar surface area (TPSA) is 41.6 Å². The maximum Gasteiger partial charge on any atom is 0.410 e. The minimum atomic E-state index is -0.458. The quantitative estimate of drug-likeness (QED) is 0.598. The van der Waals surface area contributed by atoms with E-state index in [-0.39, 0.29) is 6.09 Å². The Morgan fingerprint density at radius 1 is 1.22 bits per heavy atom. The van der Waals surface area contributed by atoms with Gasteiger partial charge < -0.3 is 15.0 Å². The predicted octanol–water partition coefficient (Wildman–Crippen LogP) is 4.95. The van der Waals surface area contributed by atoms with Gasteiger partial charge in [-0.25, -0.2) is 4.79 Å². The molecule has 0 unspecified atom stereocenters. The first-order chi connectivity index (χ1) is 10.7. The van der Waals surface area contributed by atoms with Crippen molar-refractivity contribution in [3.8, 4) is 0 Å². The normalized spacial score (nSPS) is 11.4. The summed E-state index contributed by atoms with van der Waals surface area (Å²) in [6, 6.07) is 6.17. The number of nitrogens with one attached hydrogen (secondary N) is 1. The zero-order chi connectivity index (χ0) is 17.5. The molecule has 23 heavy (non-hydrogen) atoms. The van der Waals surface area contributed by atoms with Crippen LogP contribution in [0.2, 0.25) is 0 Å². The SMILES string of the molecule is CCCN(CCNCc1ccc(Br)c(Br)c1)C(=O)OC(C)(C)C. The number of ether oxygens (including phenoxy) is 1. The summed E-state index contributed by atoms with van der Waals surface area (Å²) >= 11 is 6.96. The maximum absolute atomic E-state index is 12.2. The Labute approximate surface area is 156 Å². The maximum atomic E-state index is 12.2. The van der Waals surface area contributed by atoms with Gasteiger partial charge in [0.2, 0.25) is 0 Å². The van der Waals surface area contributed by atoms with E-state index in [0.717, 1.165) is 28.5 Å². The van der Waals surface area contributed by atoms with Gasteiger partial charge in [-0.1, -0.05) is 13.0 Å². The molecule has 0 spiro atoms. The summed E-state index contributed by atoms with van der Waals surface area (Å²) in [5.74, 6) is 0. The molecule has 1 aromatic carbocycles. The van der Waals surface area contributed by atoms with Gasteiger partial charge in [0.25, 0.3) is 0 Å². The van der Waals surface area contributed by atoms with Crippen LogP contribution in [0.15, 0.2) is 27.1 Å². The van der Waals surface area contributed by atoms with Crippen molar-refractivity contribution >= 4 is 38.0 Å². The number of halogens is 2. The van der Waals surface area contributed by atoms with Crippen molar-refractivity contribution in [3.05, 3.63) is 32.7 Å². The van der Waals surface area contributed by atoms with Gasteiger partial charge in [-0.15, -0.1) is 0 Å². The highest BCUT2D eigenvalue weighted by atomic mass is 79.9. The number of carbonyl (C=O) groups excluding carboxylic acids is 1. The number of nitrogens with zero attached hydrogens (tertiary/aromatic N) is 1. The van der Waals surface area contributed by atoms with Gasteiger partial charge in [0.05, 0.1) is 0 Å². The van der Waals surface area contributed by atoms with E-state index in [9.17, 15) is 4.79 Å². The molecule has 0 fully saturated rings. The van der Waals surface area contributed by atoms with Crippen LogP contribution in [0.3, 0.4) is 0 Å². The number of rotatable bonds is 7. The minimum absolute atomic E-state index is 0.243. The van der Waals surface area contributed by atoms with Crippen LogP contribution in [0, 0.1) is 0 Å². The first-order valence-corrected chi connectivity index (χ1v) is 9.44. The van der Waals surface area contributed by atoms with Crippen molar-refractivity contribution in [2.75, 3.05) is 19.6 Å². The van der Waals surface area contributed by atoms with Crippen LogP contribution in [0.1, 0.15) is 39.7 Å². The van der Waals surface area contributed by atoms with E-state index in [1.54, 1.807) is 4.90 Å². The zero-order valence-corrected chi connectivity index (χ0v) is 17.5. The lowest BCUT2D eigenvalue weighted by Crippen LogP contribution is -2.40. The minimum Gasteiger partial charge on any atom is -0.444 e. The van der Waals surface area contributed by atoms with Gasteiger partial charge in [-0.2, -0.15) is 0 Å². The fourth-order valence-corrected chi connectivity index (χ4v) is 2.66. The monoisotopic (exact) mass is 448 g/mol. The van der Waals surface area contributed by atoms with Crippen molar-refractivity contribution in [1.82, 2.24) is 10.2 Å². The molecule has 1 N–H and O–H groups in total. The van der Waals surface area contributed by atoms with Crippen molar-refractivity contribution in [3.63, 3.8) is 0 Å². The summed E-state index contributed by atoms with van der Waals surface area (Å²) in [7, 11) is 0. The molecule has 0 radical (unpaired) electrons. The molecule has 1 aromatic rings. The highest BCUT2D eigenvalue weighted by Crippen LogP contribution is 2.23. The van der Waals surface area contributed by atoms with Crippen LogP contribution in [-0.2, 0) is 11.3 Å². The molecule has 0 saturated heterocycles. The van der Waals surface area contributed by atoms with Gasteiger partial charge in [-0.05, 0) is 76.7 Å². The lowest BCUT2D eigenvalue weighted by atomic mass is 10.2. The second-order valence-electron chi connectivity index (χ2n) is 6.39. The molecule has 0 atom stereocenters. The van der Waals surface area contributed by atoms with Crippen LogP contribution in [0.4, 0.5) is 4.79 Å². The first kappa shape index (κ1) is 20.5.